The van der Waals surface area contributed by atoms with Gasteiger partial charge in [-0.1, -0.05) is 13.8 Å². The molecule has 0 unspecified atom stereocenters. The van der Waals surface area contributed by atoms with Crippen molar-refractivity contribution in [3.05, 3.63) is 17.0 Å². The van der Waals surface area contributed by atoms with Gasteiger partial charge >= 0.3 is 0 Å². The van der Waals surface area contributed by atoms with E-state index in [2.05, 4.69) is 19.2 Å². The van der Waals surface area contributed by atoms with Crippen LogP contribution in [0.2, 0.25) is 0 Å². The molecule has 1 aliphatic heterocycles. The number of nitrogens with one attached hydrogen (secondary N) is 1. The molecule has 2 heterocycles. The highest BCUT2D eigenvalue weighted by Crippen LogP contribution is 2.27. The first-order valence-electron chi connectivity index (χ1n) is 7.19. The van der Waals surface area contributed by atoms with E-state index in [0.717, 1.165) is 24.3 Å². The quantitative estimate of drug-likeness (QED) is 0.908. The second kappa shape index (κ2) is 6.56. The van der Waals surface area contributed by atoms with Gasteiger partial charge in [0.05, 0.1) is 0 Å². The van der Waals surface area contributed by atoms with Crippen LogP contribution >= 0.6 is 11.3 Å². The molecule has 0 radical (unpaired) electrons. The van der Waals surface area contributed by atoms with Gasteiger partial charge in [0.2, 0.25) is 0 Å². The predicted octanol–water partition coefficient (Wildman–Crippen LogP) is 2.46. The first kappa shape index (κ1) is 15.9. The Morgan fingerprint density at radius 3 is 2.50 bits per heavy atom. The number of hydrogen-bond donors (Lipinski definition) is 1. The highest BCUT2D eigenvalue weighted by Gasteiger charge is 2.30. The third-order valence-corrected chi connectivity index (χ3v) is 7.06. The van der Waals surface area contributed by atoms with Gasteiger partial charge in [-0.25, -0.2) is 8.42 Å². The summed E-state index contributed by atoms with van der Waals surface area (Å²) in [5.74, 6) is 0.592. The Labute approximate surface area is 126 Å². The van der Waals surface area contributed by atoms with Crippen molar-refractivity contribution in [2.45, 2.75) is 43.9 Å². The van der Waals surface area contributed by atoms with Crippen LogP contribution in [-0.4, -0.2) is 38.4 Å². The van der Waals surface area contributed by atoms with E-state index in [4.69, 9.17) is 0 Å². The number of nitrogens with zero attached hydrogens (tertiary/aromatic N) is 1. The average Bonchev–Trinajstić information content (AvgIpc) is 2.84. The Morgan fingerprint density at radius 1 is 1.35 bits per heavy atom. The molecule has 114 valence electrons. The lowest BCUT2D eigenvalue weighted by Crippen LogP contribution is -2.41. The summed E-state index contributed by atoms with van der Waals surface area (Å²) in [5.41, 5.74) is 0. The van der Waals surface area contributed by atoms with Crippen molar-refractivity contribution in [1.82, 2.24) is 9.62 Å². The summed E-state index contributed by atoms with van der Waals surface area (Å²) in [6.07, 6.45) is 1.90. The molecule has 1 aromatic heterocycles. The predicted molar refractivity (Wildman–Crippen MR) is 83.7 cm³/mol. The molecule has 1 N–H and O–H groups in total. The molecular weight excluding hydrogens is 292 g/mol. The molecule has 0 aromatic carbocycles. The summed E-state index contributed by atoms with van der Waals surface area (Å²) in [4.78, 5) is 1.04. The molecule has 4 nitrogen and oxygen atoms in total. The fourth-order valence-electron chi connectivity index (χ4n) is 2.43. The first-order chi connectivity index (χ1) is 9.39. The van der Waals surface area contributed by atoms with Crippen molar-refractivity contribution < 1.29 is 8.42 Å². The van der Waals surface area contributed by atoms with E-state index in [-0.39, 0.29) is 0 Å². The molecule has 1 aliphatic rings. The van der Waals surface area contributed by atoms with Crippen LogP contribution in [0.25, 0.3) is 0 Å². The van der Waals surface area contributed by atoms with Gasteiger partial charge in [-0.05, 0) is 44.4 Å². The minimum Gasteiger partial charge on any atom is -0.314 e. The number of sulfonamides is 1. The van der Waals surface area contributed by atoms with Crippen LogP contribution in [0.5, 0.6) is 0 Å². The number of rotatable bonds is 5. The molecule has 1 saturated heterocycles. The van der Waals surface area contributed by atoms with Crippen molar-refractivity contribution in [1.29, 1.82) is 0 Å². The zero-order valence-electron chi connectivity index (χ0n) is 12.4. The van der Waals surface area contributed by atoms with Crippen LogP contribution in [0.1, 0.15) is 31.6 Å². The molecule has 0 spiro atoms. The largest absolute Gasteiger partial charge is 0.314 e. The standard InChI is InChI=1S/C14H24N2O2S2/c1-11(2)15-10-13-6-8-16(9-7-13)20(17,18)14-5-4-12(3)19-14/h4-5,11,13,15H,6-10H2,1-3H3. The van der Waals surface area contributed by atoms with Crippen molar-refractivity contribution in [3.63, 3.8) is 0 Å². The summed E-state index contributed by atoms with van der Waals surface area (Å²) in [5, 5.41) is 3.44. The maximum atomic E-state index is 12.5. The summed E-state index contributed by atoms with van der Waals surface area (Å²) >= 11 is 1.36. The van der Waals surface area contributed by atoms with Gasteiger partial charge in [0, 0.05) is 24.0 Å². The molecular formula is C14H24N2O2S2. The fraction of sp³-hybridized carbons (Fsp3) is 0.714. The van der Waals surface area contributed by atoms with Crippen molar-refractivity contribution in [2.75, 3.05) is 19.6 Å². The number of hydrogen-bond acceptors (Lipinski definition) is 4. The van der Waals surface area contributed by atoms with Crippen LogP contribution in [-0.2, 0) is 10.0 Å². The minimum absolute atomic E-state index is 0.480. The second-order valence-electron chi connectivity index (χ2n) is 5.78. The van der Waals surface area contributed by atoms with Crippen LogP contribution in [0.3, 0.4) is 0 Å². The third kappa shape index (κ3) is 3.81. The number of thiophene rings is 1. The number of aryl methyl sites for hydroxylation is 1. The Hall–Kier alpha value is -0.430. The van der Waals surface area contributed by atoms with Crippen LogP contribution in [0.4, 0.5) is 0 Å². The van der Waals surface area contributed by atoms with Crippen LogP contribution in [0.15, 0.2) is 16.3 Å². The molecule has 0 saturated carbocycles. The fourth-order valence-corrected chi connectivity index (χ4v) is 5.34. The average molecular weight is 316 g/mol. The van der Waals surface area contributed by atoms with Gasteiger partial charge in [-0.3, -0.25) is 0 Å². The maximum Gasteiger partial charge on any atom is 0.252 e. The smallest absolute Gasteiger partial charge is 0.252 e. The topological polar surface area (TPSA) is 49.4 Å². The molecule has 2 rings (SSSR count). The Morgan fingerprint density at radius 2 is 2.00 bits per heavy atom. The monoisotopic (exact) mass is 316 g/mol. The second-order valence-corrected chi connectivity index (χ2v) is 9.23. The molecule has 0 atom stereocenters. The van der Waals surface area contributed by atoms with Gasteiger partial charge in [0.15, 0.2) is 0 Å². The van der Waals surface area contributed by atoms with E-state index < -0.39 is 10.0 Å². The van der Waals surface area contributed by atoms with Gasteiger partial charge in [0.1, 0.15) is 4.21 Å². The van der Waals surface area contributed by atoms with Crippen LogP contribution in [0, 0.1) is 12.8 Å². The molecule has 1 fully saturated rings. The zero-order valence-corrected chi connectivity index (χ0v) is 14.1. The van der Waals surface area contributed by atoms with Gasteiger partial charge in [-0.15, -0.1) is 11.3 Å². The van der Waals surface area contributed by atoms with E-state index in [1.165, 1.54) is 11.3 Å². The molecule has 0 bridgehead atoms. The maximum absolute atomic E-state index is 12.5. The van der Waals surface area contributed by atoms with Crippen molar-refractivity contribution >= 4 is 21.4 Å². The molecule has 1 aromatic rings. The van der Waals surface area contributed by atoms with Gasteiger partial charge < -0.3 is 5.32 Å². The lowest BCUT2D eigenvalue weighted by atomic mass is 9.98. The normalized spacial score (nSPS) is 18.8. The SMILES string of the molecule is Cc1ccc(S(=O)(=O)N2CCC(CNC(C)C)CC2)s1. The van der Waals surface area contributed by atoms with E-state index in [0.29, 0.717) is 29.3 Å². The molecule has 0 aliphatic carbocycles. The van der Waals surface area contributed by atoms with Crippen molar-refractivity contribution in [2.24, 2.45) is 5.92 Å². The summed E-state index contributed by atoms with van der Waals surface area (Å²) < 4.78 is 27.1. The van der Waals surface area contributed by atoms with Crippen LogP contribution < -0.4 is 5.32 Å². The van der Waals surface area contributed by atoms with E-state index >= 15 is 0 Å². The minimum atomic E-state index is -3.26. The molecule has 20 heavy (non-hydrogen) atoms. The Balaban J connectivity index is 1.93. The zero-order chi connectivity index (χ0) is 14.8. The molecule has 0 amide bonds. The van der Waals surface area contributed by atoms with E-state index in [9.17, 15) is 8.42 Å². The lowest BCUT2D eigenvalue weighted by molar-refractivity contribution is 0.264. The highest BCUT2D eigenvalue weighted by atomic mass is 32.2. The van der Waals surface area contributed by atoms with Crippen molar-refractivity contribution in [3.8, 4) is 0 Å². The summed E-state index contributed by atoms with van der Waals surface area (Å²) in [6.45, 7) is 8.49. The van der Waals surface area contributed by atoms with E-state index in [1.54, 1.807) is 10.4 Å². The van der Waals surface area contributed by atoms with Gasteiger partial charge in [0.25, 0.3) is 10.0 Å². The summed E-state index contributed by atoms with van der Waals surface area (Å²) in [6, 6.07) is 4.09. The Bertz CT molecular complexity index is 529. The summed E-state index contributed by atoms with van der Waals surface area (Å²) in [7, 11) is -3.26. The first-order valence-corrected chi connectivity index (χ1v) is 9.45. The lowest BCUT2D eigenvalue weighted by Gasteiger charge is -2.31. The van der Waals surface area contributed by atoms with Gasteiger partial charge in [-0.2, -0.15) is 4.31 Å². The highest BCUT2D eigenvalue weighted by molar-refractivity contribution is 7.91. The van der Waals surface area contributed by atoms with E-state index in [1.807, 2.05) is 13.0 Å². The molecule has 6 heteroatoms. The number of piperidine rings is 1. The Kier molecular flexibility index (Phi) is 5.23. The third-order valence-electron chi connectivity index (χ3n) is 3.70.